The predicted octanol–water partition coefficient (Wildman–Crippen LogP) is 3.32. The Morgan fingerprint density at radius 3 is 2.43 bits per heavy atom. The van der Waals surface area contributed by atoms with Gasteiger partial charge in [0, 0.05) is 30.3 Å². The smallest absolute Gasteiger partial charge is 0.272 e. The number of carbonyl (C=O) groups excluding carboxylic acids is 2. The van der Waals surface area contributed by atoms with Crippen molar-refractivity contribution in [3.63, 3.8) is 0 Å². The Labute approximate surface area is 176 Å². The van der Waals surface area contributed by atoms with Crippen LogP contribution in [-0.4, -0.2) is 34.7 Å². The second-order valence-electron chi connectivity index (χ2n) is 8.25. The van der Waals surface area contributed by atoms with Gasteiger partial charge in [-0.3, -0.25) is 9.59 Å². The Morgan fingerprint density at radius 2 is 1.67 bits per heavy atom. The lowest BCUT2D eigenvalue weighted by atomic mass is 9.89. The van der Waals surface area contributed by atoms with E-state index in [1.807, 2.05) is 0 Å². The zero-order valence-electron chi connectivity index (χ0n) is 17.3. The average molecular weight is 413 g/mol. The van der Waals surface area contributed by atoms with Gasteiger partial charge in [0.05, 0.1) is 5.69 Å². The Kier molecular flexibility index (Phi) is 6.45. The zero-order chi connectivity index (χ0) is 20.9. The summed E-state index contributed by atoms with van der Waals surface area (Å²) >= 11 is 0. The number of halogens is 1. The second kappa shape index (κ2) is 9.41. The van der Waals surface area contributed by atoms with E-state index in [-0.39, 0.29) is 23.5 Å². The van der Waals surface area contributed by atoms with Crippen molar-refractivity contribution in [2.45, 2.75) is 57.8 Å². The standard InChI is InChI=1S/C23H29FN4O2/c24-17-10-12-18(13-11-17)28-20-9-5-4-8-19(20)21(27-28)23(30)26-15-14-25-22(29)16-6-2-1-3-7-16/h10-13,16H,1-9,14-15H2,(H,25,29)(H,26,30). The van der Waals surface area contributed by atoms with Crippen molar-refractivity contribution in [3.8, 4) is 5.69 Å². The highest BCUT2D eigenvalue weighted by atomic mass is 19.1. The summed E-state index contributed by atoms with van der Waals surface area (Å²) in [7, 11) is 0. The third kappa shape index (κ3) is 4.55. The van der Waals surface area contributed by atoms with Gasteiger partial charge in [-0.15, -0.1) is 0 Å². The second-order valence-corrected chi connectivity index (χ2v) is 8.25. The maximum atomic E-state index is 13.3. The molecule has 0 aliphatic heterocycles. The van der Waals surface area contributed by atoms with Gasteiger partial charge >= 0.3 is 0 Å². The minimum absolute atomic E-state index is 0.0990. The molecule has 2 amide bonds. The summed E-state index contributed by atoms with van der Waals surface area (Å²) in [6.07, 6.45) is 9.13. The summed E-state index contributed by atoms with van der Waals surface area (Å²) in [5, 5.41) is 10.4. The molecule has 0 bridgehead atoms. The first-order valence-corrected chi connectivity index (χ1v) is 11.1. The quantitative estimate of drug-likeness (QED) is 0.715. The normalized spacial score (nSPS) is 16.7. The first-order valence-electron chi connectivity index (χ1n) is 11.1. The maximum Gasteiger partial charge on any atom is 0.272 e. The number of nitrogens with one attached hydrogen (secondary N) is 2. The van der Waals surface area contributed by atoms with Crippen LogP contribution >= 0.6 is 0 Å². The number of fused-ring (bicyclic) bond motifs is 1. The molecule has 4 rings (SSSR count). The van der Waals surface area contributed by atoms with Crippen LogP contribution in [0.4, 0.5) is 4.39 Å². The third-order valence-electron chi connectivity index (χ3n) is 6.15. The molecule has 0 saturated heterocycles. The third-order valence-corrected chi connectivity index (χ3v) is 6.15. The van der Waals surface area contributed by atoms with Crippen LogP contribution < -0.4 is 10.6 Å². The number of nitrogens with zero attached hydrogens (tertiary/aromatic N) is 2. The molecule has 7 heteroatoms. The molecule has 1 aromatic carbocycles. The van der Waals surface area contributed by atoms with Crippen molar-refractivity contribution in [2.24, 2.45) is 5.92 Å². The highest BCUT2D eigenvalue weighted by Gasteiger charge is 2.25. The monoisotopic (exact) mass is 412 g/mol. The van der Waals surface area contributed by atoms with Crippen molar-refractivity contribution >= 4 is 11.8 Å². The van der Waals surface area contributed by atoms with Crippen LogP contribution in [0.5, 0.6) is 0 Å². The molecule has 1 heterocycles. The van der Waals surface area contributed by atoms with E-state index in [0.29, 0.717) is 18.8 Å². The number of carbonyl (C=O) groups is 2. The molecule has 2 aromatic rings. The van der Waals surface area contributed by atoms with Crippen LogP contribution in [-0.2, 0) is 17.6 Å². The molecule has 30 heavy (non-hydrogen) atoms. The lowest BCUT2D eigenvalue weighted by molar-refractivity contribution is -0.125. The van der Waals surface area contributed by atoms with E-state index in [1.165, 1.54) is 18.6 Å². The molecule has 0 unspecified atom stereocenters. The summed E-state index contributed by atoms with van der Waals surface area (Å²) < 4.78 is 15.1. The zero-order valence-corrected chi connectivity index (χ0v) is 17.3. The number of amides is 2. The lowest BCUT2D eigenvalue weighted by Gasteiger charge is -2.20. The Hall–Kier alpha value is -2.70. The van der Waals surface area contributed by atoms with Crippen LogP contribution in [0.25, 0.3) is 5.69 Å². The lowest BCUT2D eigenvalue weighted by Crippen LogP contribution is -2.38. The Bertz CT molecular complexity index is 901. The SMILES string of the molecule is O=C(NCCNC(=O)C1CCCCC1)c1nn(-c2ccc(F)cc2)c2c1CCCC2. The van der Waals surface area contributed by atoms with Gasteiger partial charge in [-0.1, -0.05) is 19.3 Å². The van der Waals surface area contributed by atoms with E-state index in [4.69, 9.17) is 0 Å². The molecular weight excluding hydrogens is 383 g/mol. The fraction of sp³-hybridized carbons (Fsp3) is 0.522. The molecule has 2 aliphatic carbocycles. The topological polar surface area (TPSA) is 76.0 Å². The van der Waals surface area contributed by atoms with E-state index < -0.39 is 0 Å². The molecule has 1 saturated carbocycles. The van der Waals surface area contributed by atoms with Gasteiger partial charge in [0.2, 0.25) is 5.91 Å². The van der Waals surface area contributed by atoms with E-state index in [0.717, 1.165) is 68.3 Å². The molecule has 1 fully saturated rings. The van der Waals surface area contributed by atoms with Gasteiger partial charge in [-0.2, -0.15) is 5.10 Å². The number of rotatable bonds is 6. The Balaban J connectivity index is 1.39. The van der Waals surface area contributed by atoms with Gasteiger partial charge in [0.1, 0.15) is 5.82 Å². The van der Waals surface area contributed by atoms with Crippen molar-refractivity contribution in [1.82, 2.24) is 20.4 Å². The van der Waals surface area contributed by atoms with Gasteiger partial charge in [0.25, 0.3) is 5.91 Å². The predicted molar refractivity (Wildman–Crippen MR) is 112 cm³/mol. The number of hydrogen-bond acceptors (Lipinski definition) is 3. The summed E-state index contributed by atoms with van der Waals surface area (Å²) in [4.78, 5) is 25.0. The molecule has 160 valence electrons. The summed E-state index contributed by atoms with van der Waals surface area (Å²) in [5.41, 5.74) is 3.21. The molecule has 6 nitrogen and oxygen atoms in total. The average Bonchev–Trinajstić information content (AvgIpc) is 3.17. The fourth-order valence-electron chi connectivity index (χ4n) is 4.53. The molecule has 2 N–H and O–H groups in total. The number of aromatic nitrogens is 2. The fourth-order valence-corrected chi connectivity index (χ4v) is 4.53. The van der Waals surface area contributed by atoms with Crippen LogP contribution in [0.15, 0.2) is 24.3 Å². The number of benzene rings is 1. The van der Waals surface area contributed by atoms with E-state index in [2.05, 4.69) is 15.7 Å². The van der Waals surface area contributed by atoms with Gasteiger partial charge in [-0.05, 0) is 62.8 Å². The summed E-state index contributed by atoms with van der Waals surface area (Å²) in [6, 6.07) is 6.17. The van der Waals surface area contributed by atoms with Crippen LogP contribution in [0.1, 0.15) is 66.7 Å². The highest BCUT2D eigenvalue weighted by molar-refractivity contribution is 5.94. The minimum atomic E-state index is -0.298. The van der Waals surface area contributed by atoms with E-state index in [1.54, 1.807) is 16.8 Å². The van der Waals surface area contributed by atoms with Gasteiger partial charge in [-0.25, -0.2) is 9.07 Å². The van der Waals surface area contributed by atoms with E-state index in [9.17, 15) is 14.0 Å². The maximum absolute atomic E-state index is 13.3. The molecular formula is C23H29FN4O2. The van der Waals surface area contributed by atoms with Crippen molar-refractivity contribution < 1.29 is 14.0 Å². The van der Waals surface area contributed by atoms with Crippen LogP contribution in [0, 0.1) is 11.7 Å². The van der Waals surface area contributed by atoms with Gasteiger partial charge in [0.15, 0.2) is 5.69 Å². The molecule has 0 spiro atoms. The van der Waals surface area contributed by atoms with Gasteiger partial charge < -0.3 is 10.6 Å². The number of hydrogen-bond donors (Lipinski definition) is 2. The molecule has 0 atom stereocenters. The first-order chi connectivity index (χ1) is 14.6. The molecule has 1 aromatic heterocycles. The first kappa shape index (κ1) is 20.6. The molecule has 0 radical (unpaired) electrons. The van der Waals surface area contributed by atoms with Crippen molar-refractivity contribution in [2.75, 3.05) is 13.1 Å². The summed E-state index contributed by atoms with van der Waals surface area (Å²) in [6.45, 7) is 0.789. The van der Waals surface area contributed by atoms with Crippen molar-refractivity contribution in [3.05, 3.63) is 47.0 Å². The van der Waals surface area contributed by atoms with Crippen LogP contribution in [0.3, 0.4) is 0 Å². The largest absolute Gasteiger partial charge is 0.354 e. The van der Waals surface area contributed by atoms with Crippen LogP contribution in [0.2, 0.25) is 0 Å². The minimum Gasteiger partial charge on any atom is -0.354 e. The summed E-state index contributed by atoms with van der Waals surface area (Å²) in [5.74, 6) is -0.302. The van der Waals surface area contributed by atoms with Crippen molar-refractivity contribution in [1.29, 1.82) is 0 Å². The highest BCUT2D eigenvalue weighted by Crippen LogP contribution is 2.27. The molecule has 2 aliphatic rings. The van der Waals surface area contributed by atoms with E-state index >= 15 is 0 Å². The Morgan fingerprint density at radius 1 is 0.967 bits per heavy atom.